The third kappa shape index (κ3) is 1.22. The lowest BCUT2D eigenvalue weighted by Crippen LogP contribution is -2.42. The molecule has 3 aliphatic rings. The van der Waals surface area contributed by atoms with Crippen molar-refractivity contribution in [1.82, 2.24) is 4.90 Å². The second-order valence-corrected chi connectivity index (χ2v) is 4.59. The van der Waals surface area contributed by atoms with Crippen LogP contribution in [0.15, 0.2) is 12.2 Å². The monoisotopic (exact) mass is 233 g/mol. The summed E-state index contributed by atoms with van der Waals surface area (Å²) in [7, 11) is 0. The van der Waals surface area contributed by atoms with Crippen molar-refractivity contribution >= 4 is 5.91 Å². The van der Waals surface area contributed by atoms with Crippen molar-refractivity contribution in [3.8, 4) is 0 Å². The zero-order chi connectivity index (χ0) is 11.6. The van der Waals surface area contributed by atoms with Gasteiger partial charge in [-0.1, -0.05) is 12.2 Å². The first-order chi connectivity index (χ1) is 7.41. The third-order valence-corrected chi connectivity index (χ3v) is 3.58. The van der Waals surface area contributed by atoms with E-state index in [2.05, 4.69) is 0 Å². The van der Waals surface area contributed by atoms with Crippen LogP contribution in [0.2, 0.25) is 0 Å². The van der Waals surface area contributed by atoms with E-state index < -0.39 is 17.7 Å². The maximum Gasteiger partial charge on any atom is 0.471 e. The van der Waals surface area contributed by atoms with Crippen LogP contribution in [0.25, 0.3) is 0 Å². The van der Waals surface area contributed by atoms with Crippen LogP contribution in [0.5, 0.6) is 0 Å². The van der Waals surface area contributed by atoms with Crippen LogP contribution in [-0.4, -0.2) is 41.8 Å². The van der Waals surface area contributed by atoms with Crippen molar-refractivity contribution in [2.45, 2.75) is 24.3 Å². The largest absolute Gasteiger partial charge is 0.471 e. The fourth-order valence-corrected chi connectivity index (χ4v) is 2.88. The Morgan fingerprint density at radius 1 is 1.50 bits per heavy atom. The molecule has 88 valence electrons. The van der Waals surface area contributed by atoms with Crippen molar-refractivity contribution < 1.29 is 22.7 Å². The Morgan fingerprint density at radius 3 is 2.81 bits per heavy atom. The van der Waals surface area contributed by atoms with Gasteiger partial charge in [0.25, 0.3) is 0 Å². The van der Waals surface area contributed by atoms with Crippen LogP contribution in [0.1, 0.15) is 6.42 Å². The van der Waals surface area contributed by atoms with Crippen molar-refractivity contribution in [1.29, 1.82) is 0 Å². The molecule has 16 heavy (non-hydrogen) atoms. The van der Waals surface area contributed by atoms with Crippen LogP contribution in [0, 0.1) is 5.92 Å². The first kappa shape index (κ1) is 10.1. The molecule has 3 heterocycles. The summed E-state index contributed by atoms with van der Waals surface area (Å²) in [6.45, 7) is 0.183. The van der Waals surface area contributed by atoms with Gasteiger partial charge in [-0.2, -0.15) is 13.2 Å². The van der Waals surface area contributed by atoms with E-state index in [0.29, 0.717) is 0 Å². The van der Waals surface area contributed by atoms with Gasteiger partial charge < -0.3 is 9.64 Å². The van der Waals surface area contributed by atoms with Crippen molar-refractivity contribution in [3.05, 3.63) is 12.2 Å². The maximum absolute atomic E-state index is 12.3. The molecule has 0 unspecified atom stereocenters. The molecule has 2 fully saturated rings. The third-order valence-electron chi connectivity index (χ3n) is 3.58. The number of ether oxygens (including phenoxy) is 1. The molecule has 0 aromatic rings. The minimum Gasteiger partial charge on any atom is -0.361 e. The first-order valence-corrected chi connectivity index (χ1v) is 5.14. The SMILES string of the molecule is O=C(N1C[C@H]2C[C@@H]3C=C[C@@]2(C1)O3)C(F)(F)F. The molecular weight excluding hydrogens is 223 g/mol. The topological polar surface area (TPSA) is 29.5 Å². The minimum atomic E-state index is -4.78. The fourth-order valence-electron chi connectivity index (χ4n) is 2.88. The number of alkyl halides is 3. The molecular formula is C10H10F3NO2. The molecule has 2 bridgehead atoms. The second-order valence-electron chi connectivity index (χ2n) is 4.59. The van der Waals surface area contributed by atoms with E-state index in [1.165, 1.54) is 0 Å². The first-order valence-electron chi connectivity index (χ1n) is 5.14. The van der Waals surface area contributed by atoms with E-state index in [9.17, 15) is 18.0 Å². The van der Waals surface area contributed by atoms with Gasteiger partial charge in [0.15, 0.2) is 0 Å². The van der Waals surface area contributed by atoms with E-state index in [1.807, 2.05) is 12.2 Å². The highest BCUT2D eigenvalue weighted by Crippen LogP contribution is 2.48. The number of carbonyl (C=O) groups excluding carboxylic acids is 1. The Hall–Kier alpha value is -1.04. The molecule has 0 aromatic carbocycles. The Balaban J connectivity index is 1.80. The highest BCUT2D eigenvalue weighted by Gasteiger charge is 2.58. The number of carbonyl (C=O) groups is 1. The lowest BCUT2D eigenvalue weighted by atomic mass is 9.86. The molecule has 2 saturated heterocycles. The average Bonchev–Trinajstić information content (AvgIpc) is 2.79. The fraction of sp³-hybridized carbons (Fsp3) is 0.700. The normalized spacial score (nSPS) is 40.6. The number of nitrogens with zero attached hydrogens (tertiary/aromatic N) is 1. The summed E-state index contributed by atoms with van der Waals surface area (Å²) >= 11 is 0. The van der Waals surface area contributed by atoms with Crippen LogP contribution in [-0.2, 0) is 9.53 Å². The summed E-state index contributed by atoms with van der Waals surface area (Å²) in [5, 5.41) is 0. The molecule has 0 radical (unpaired) electrons. The average molecular weight is 233 g/mol. The van der Waals surface area contributed by atoms with E-state index in [4.69, 9.17) is 4.74 Å². The molecule has 1 amide bonds. The molecule has 0 aromatic heterocycles. The van der Waals surface area contributed by atoms with Gasteiger partial charge in [0, 0.05) is 12.5 Å². The lowest BCUT2D eigenvalue weighted by Gasteiger charge is -2.22. The molecule has 0 aliphatic carbocycles. The summed E-state index contributed by atoms with van der Waals surface area (Å²) in [4.78, 5) is 11.9. The molecule has 3 aliphatic heterocycles. The summed E-state index contributed by atoms with van der Waals surface area (Å²) in [6, 6.07) is 0. The van der Waals surface area contributed by atoms with Crippen LogP contribution in [0.3, 0.4) is 0 Å². The zero-order valence-electron chi connectivity index (χ0n) is 8.33. The highest BCUT2D eigenvalue weighted by molar-refractivity contribution is 5.82. The maximum atomic E-state index is 12.3. The van der Waals surface area contributed by atoms with Gasteiger partial charge in [0.1, 0.15) is 5.60 Å². The smallest absolute Gasteiger partial charge is 0.361 e. The summed E-state index contributed by atoms with van der Waals surface area (Å²) in [6.07, 6.45) is -0.337. The van der Waals surface area contributed by atoms with Crippen molar-refractivity contribution in [2.75, 3.05) is 13.1 Å². The van der Waals surface area contributed by atoms with Crippen LogP contribution in [0.4, 0.5) is 13.2 Å². The minimum absolute atomic E-state index is 0.0220. The molecule has 0 N–H and O–H groups in total. The quantitative estimate of drug-likeness (QED) is 0.586. The van der Waals surface area contributed by atoms with Crippen LogP contribution < -0.4 is 0 Å². The number of rotatable bonds is 0. The van der Waals surface area contributed by atoms with Crippen molar-refractivity contribution in [2.24, 2.45) is 5.92 Å². The van der Waals surface area contributed by atoms with Gasteiger partial charge in [0.2, 0.25) is 0 Å². The van der Waals surface area contributed by atoms with E-state index in [1.54, 1.807) is 0 Å². The summed E-state index contributed by atoms with van der Waals surface area (Å²) < 4.78 is 42.4. The Labute approximate surface area is 89.8 Å². The standard InChI is InChI=1S/C10H10F3NO2/c11-10(12,13)8(15)14-4-6-3-7-1-2-9(6,5-14)16-7/h1-2,6-7H,3-5H2/t6-,7+,9+/m1/s1. The second kappa shape index (κ2) is 2.80. The van der Waals surface area contributed by atoms with Gasteiger partial charge in [-0.25, -0.2) is 0 Å². The van der Waals surface area contributed by atoms with Crippen molar-refractivity contribution in [3.63, 3.8) is 0 Å². The predicted octanol–water partition coefficient (Wildman–Crippen LogP) is 1.10. The molecule has 6 heteroatoms. The van der Waals surface area contributed by atoms with Crippen LogP contribution >= 0.6 is 0 Å². The van der Waals surface area contributed by atoms with Gasteiger partial charge in [0.05, 0.1) is 12.6 Å². The zero-order valence-corrected chi connectivity index (χ0v) is 8.33. The Morgan fingerprint density at radius 2 is 2.25 bits per heavy atom. The molecule has 3 atom stereocenters. The summed E-state index contributed by atoms with van der Waals surface area (Å²) in [5.74, 6) is -1.73. The van der Waals surface area contributed by atoms with E-state index in [-0.39, 0.29) is 25.1 Å². The Kier molecular flexibility index (Phi) is 1.77. The number of fused-ring (bicyclic) bond motifs is 1. The molecule has 1 spiro atoms. The number of halogens is 3. The lowest BCUT2D eigenvalue weighted by molar-refractivity contribution is -0.185. The Bertz CT molecular complexity index is 379. The van der Waals surface area contributed by atoms with E-state index >= 15 is 0 Å². The summed E-state index contributed by atoms with van der Waals surface area (Å²) in [5.41, 5.74) is -0.633. The molecule has 3 nitrogen and oxygen atoms in total. The van der Waals surface area contributed by atoms with Gasteiger partial charge >= 0.3 is 12.1 Å². The molecule has 0 saturated carbocycles. The number of likely N-dealkylation sites (tertiary alicyclic amines) is 1. The van der Waals surface area contributed by atoms with E-state index in [0.717, 1.165) is 11.3 Å². The van der Waals surface area contributed by atoms with Gasteiger partial charge in [-0.3, -0.25) is 4.79 Å². The number of amides is 1. The predicted molar refractivity (Wildman–Crippen MR) is 47.5 cm³/mol. The number of hydrogen-bond acceptors (Lipinski definition) is 2. The molecule has 3 rings (SSSR count). The van der Waals surface area contributed by atoms with Gasteiger partial charge in [-0.15, -0.1) is 0 Å². The van der Waals surface area contributed by atoms with Gasteiger partial charge in [-0.05, 0) is 6.42 Å². The number of hydrogen-bond donors (Lipinski definition) is 0. The highest BCUT2D eigenvalue weighted by atomic mass is 19.4.